The van der Waals surface area contributed by atoms with Gasteiger partial charge in [-0.05, 0) is 17.7 Å². The second-order valence-corrected chi connectivity index (χ2v) is 3.69. The van der Waals surface area contributed by atoms with E-state index in [0.29, 0.717) is 18.7 Å². The van der Waals surface area contributed by atoms with Gasteiger partial charge in [0.1, 0.15) is 5.82 Å². The minimum absolute atomic E-state index is 0.0880. The molecule has 5 heteroatoms. The van der Waals surface area contributed by atoms with E-state index in [1.54, 1.807) is 16.8 Å². The summed E-state index contributed by atoms with van der Waals surface area (Å²) in [5, 5.41) is 0.0880. The highest BCUT2D eigenvalue weighted by Crippen LogP contribution is 2.16. The van der Waals surface area contributed by atoms with Crippen molar-refractivity contribution in [1.29, 1.82) is 0 Å². The Kier molecular flexibility index (Phi) is 3.01. The van der Waals surface area contributed by atoms with Crippen LogP contribution in [0.25, 0.3) is 0 Å². The molecule has 0 N–H and O–H groups in total. The van der Waals surface area contributed by atoms with Crippen LogP contribution in [-0.4, -0.2) is 15.8 Å². The van der Waals surface area contributed by atoms with Crippen molar-refractivity contribution < 1.29 is 9.18 Å². The highest BCUT2D eigenvalue weighted by molar-refractivity contribution is 6.30. The van der Waals surface area contributed by atoms with Gasteiger partial charge in [-0.1, -0.05) is 17.7 Å². The molecule has 1 aromatic heterocycles. The lowest BCUT2D eigenvalue weighted by molar-refractivity contribution is 0.111. The lowest BCUT2D eigenvalue weighted by Gasteiger charge is -2.05. The van der Waals surface area contributed by atoms with Gasteiger partial charge in [0.2, 0.25) is 0 Å². The van der Waals surface area contributed by atoms with E-state index in [1.807, 2.05) is 0 Å². The normalized spacial score (nSPS) is 10.4. The molecule has 0 unspecified atom stereocenters. The summed E-state index contributed by atoms with van der Waals surface area (Å²) in [5.74, 6) is -0.151. The zero-order chi connectivity index (χ0) is 11.5. The number of hydrogen-bond donors (Lipinski definition) is 0. The predicted octanol–water partition coefficient (Wildman–Crippen LogP) is 2.54. The van der Waals surface area contributed by atoms with Crippen molar-refractivity contribution in [2.45, 2.75) is 6.54 Å². The number of rotatable bonds is 3. The number of aldehydes is 1. The number of imidazole rings is 1. The molecule has 0 radical (unpaired) electrons. The molecule has 1 aromatic carbocycles. The molecule has 0 bridgehead atoms. The van der Waals surface area contributed by atoms with Crippen LogP contribution in [0, 0.1) is 5.82 Å². The van der Waals surface area contributed by atoms with Crippen LogP contribution < -0.4 is 0 Å². The fourth-order valence-corrected chi connectivity index (χ4v) is 1.52. The molecule has 0 aliphatic rings. The van der Waals surface area contributed by atoms with Gasteiger partial charge < -0.3 is 4.57 Å². The summed E-state index contributed by atoms with van der Waals surface area (Å²) >= 11 is 5.57. The topological polar surface area (TPSA) is 34.9 Å². The Bertz CT molecular complexity index is 524. The molecule has 0 saturated heterocycles. The molecule has 3 nitrogen and oxygen atoms in total. The Morgan fingerprint density at radius 3 is 3.00 bits per heavy atom. The number of nitrogens with zero attached hydrogens (tertiary/aromatic N) is 2. The Morgan fingerprint density at radius 2 is 2.31 bits per heavy atom. The third kappa shape index (κ3) is 2.12. The van der Waals surface area contributed by atoms with Gasteiger partial charge in [0.05, 0.1) is 5.02 Å². The maximum atomic E-state index is 13.2. The van der Waals surface area contributed by atoms with Crippen LogP contribution in [0.5, 0.6) is 0 Å². The first kappa shape index (κ1) is 10.8. The van der Waals surface area contributed by atoms with Gasteiger partial charge in [0.25, 0.3) is 0 Å². The van der Waals surface area contributed by atoms with Crippen molar-refractivity contribution in [3.8, 4) is 0 Å². The molecule has 0 aliphatic carbocycles. The molecule has 0 atom stereocenters. The van der Waals surface area contributed by atoms with Gasteiger partial charge in [-0.25, -0.2) is 9.37 Å². The Hall–Kier alpha value is -1.68. The van der Waals surface area contributed by atoms with Crippen LogP contribution in [-0.2, 0) is 6.54 Å². The maximum Gasteiger partial charge on any atom is 0.185 e. The van der Waals surface area contributed by atoms with E-state index in [1.165, 1.54) is 18.3 Å². The largest absolute Gasteiger partial charge is 0.324 e. The first-order valence-corrected chi connectivity index (χ1v) is 4.99. The number of aromatic nitrogens is 2. The summed E-state index contributed by atoms with van der Waals surface area (Å²) in [4.78, 5) is 14.5. The van der Waals surface area contributed by atoms with E-state index in [4.69, 9.17) is 11.6 Å². The molecular formula is C11H8ClFN2O. The van der Waals surface area contributed by atoms with Gasteiger partial charge in [0, 0.05) is 18.9 Å². The third-order valence-corrected chi connectivity index (χ3v) is 2.50. The third-order valence-electron chi connectivity index (χ3n) is 2.19. The second kappa shape index (κ2) is 4.45. The lowest BCUT2D eigenvalue weighted by atomic mass is 10.2. The number of carbonyl (C=O) groups is 1. The molecule has 0 amide bonds. The van der Waals surface area contributed by atoms with Gasteiger partial charge in [-0.3, -0.25) is 4.79 Å². The van der Waals surface area contributed by atoms with Gasteiger partial charge in [-0.15, -0.1) is 0 Å². The van der Waals surface area contributed by atoms with Crippen LogP contribution in [0.15, 0.2) is 30.6 Å². The number of halogens is 2. The van der Waals surface area contributed by atoms with Crippen molar-refractivity contribution in [2.24, 2.45) is 0 Å². The van der Waals surface area contributed by atoms with E-state index in [-0.39, 0.29) is 5.02 Å². The van der Waals surface area contributed by atoms with Crippen molar-refractivity contribution >= 4 is 17.9 Å². The standard InChI is InChI=1S/C11H8ClFN2O/c12-9-2-1-8(5-10(9)13)6-15-4-3-14-11(15)7-16/h1-5,7H,6H2. The summed E-state index contributed by atoms with van der Waals surface area (Å²) in [6.07, 6.45) is 3.85. The zero-order valence-electron chi connectivity index (χ0n) is 8.23. The predicted molar refractivity (Wildman–Crippen MR) is 58.1 cm³/mol. The first-order valence-electron chi connectivity index (χ1n) is 4.61. The van der Waals surface area contributed by atoms with Crippen LogP contribution in [0.1, 0.15) is 16.2 Å². The van der Waals surface area contributed by atoms with Gasteiger partial charge >= 0.3 is 0 Å². The van der Waals surface area contributed by atoms with Gasteiger partial charge in [-0.2, -0.15) is 0 Å². The van der Waals surface area contributed by atoms with E-state index in [2.05, 4.69) is 4.98 Å². The first-order chi connectivity index (χ1) is 7.70. The number of carbonyl (C=O) groups excluding carboxylic acids is 1. The summed E-state index contributed by atoms with van der Waals surface area (Å²) in [7, 11) is 0. The van der Waals surface area contributed by atoms with E-state index in [9.17, 15) is 9.18 Å². The molecule has 0 saturated carbocycles. The van der Waals surface area contributed by atoms with E-state index < -0.39 is 5.82 Å². The fraction of sp³-hybridized carbons (Fsp3) is 0.0909. The minimum atomic E-state index is -0.466. The number of hydrogen-bond acceptors (Lipinski definition) is 2. The monoisotopic (exact) mass is 238 g/mol. The average Bonchev–Trinajstić information content (AvgIpc) is 2.71. The Morgan fingerprint density at radius 1 is 1.50 bits per heavy atom. The fourth-order valence-electron chi connectivity index (χ4n) is 1.41. The molecule has 1 heterocycles. The minimum Gasteiger partial charge on any atom is -0.324 e. The summed E-state index contributed by atoms with van der Waals surface area (Å²) < 4.78 is 14.8. The second-order valence-electron chi connectivity index (χ2n) is 3.28. The summed E-state index contributed by atoms with van der Waals surface area (Å²) in [5.41, 5.74) is 0.725. The molecule has 2 aromatic rings. The van der Waals surface area contributed by atoms with Crippen LogP contribution in [0.4, 0.5) is 4.39 Å². The molecular weight excluding hydrogens is 231 g/mol. The Balaban J connectivity index is 2.27. The zero-order valence-corrected chi connectivity index (χ0v) is 8.99. The van der Waals surface area contributed by atoms with E-state index in [0.717, 1.165) is 5.56 Å². The SMILES string of the molecule is O=Cc1nccn1Cc1ccc(Cl)c(F)c1. The molecule has 0 spiro atoms. The maximum absolute atomic E-state index is 13.2. The quantitative estimate of drug-likeness (QED) is 0.771. The Labute approximate surface area is 96.5 Å². The highest BCUT2D eigenvalue weighted by atomic mass is 35.5. The van der Waals surface area contributed by atoms with Crippen molar-refractivity contribution in [2.75, 3.05) is 0 Å². The van der Waals surface area contributed by atoms with Crippen molar-refractivity contribution in [3.05, 3.63) is 52.8 Å². The van der Waals surface area contributed by atoms with Crippen molar-refractivity contribution in [3.63, 3.8) is 0 Å². The average molecular weight is 239 g/mol. The van der Waals surface area contributed by atoms with Crippen LogP contribution in [0.2, 0.25) is 5.02 Å². The lowest BCUT2D eigenvalue weighted by Crippen LogP contribution is -2.03. The van der Waals surface area contributed by atoms with E-state index >= 15 is 0 Å². The molecule has 2 rings (SSSR count). The number of benzene rings is 1. The van der Waals surface area contributed by atoms with Crippen LogP contribution >= 0.6 is 11.6 Å². The van der Waals surface area contributed by atoms with Crippen molar-refractivity contribution in [1.82, 2.24) is 9.55 Å². The van der Waals surface area contributed by atoms with Gasteiger partial charge in [0.15, 0.2) is 12.1 Å². The summed E-state index contributed by atoms with van der Waals surface area (Å²) in [6.45, 7) is 0.391. The molecule has 82 valence electrons. The molecule has 0 aliphatic heterocycles. The molecule has 16 heavy (non-hydrogen) atoms. The van der Waals surface area contributed by atoms with Crippen LogP contribution in [0.3, 0.4) is 0 Å². The summed E-state index contributed by atoms with van der Waals surface area (Å²) in [6, 6.07) is 4.54. The smallest absolute Gasteiger partial charge is 0.185 e. The molecule has 0 fully saturated rings. The highest BCUT2D eigenvalue weighted by Gasteiger charge is 2.04.